The van der Waals surface area contributed by atoms with E-state index in [4.69, 9.17) is 17.0 Å². The van der Waals surface area contributed by atoms with Gasteiger partial charge in [-0.25, -0.2) is 9.97 Å². The molecule has 2 rings (SSSR count). The van der Waals surface area contributed by atoms with Crippen molar-refractivity contribution in [1.29, 1.82) is 0 Å². The quantitative estimate of drug-likeness (QED) is 0.288. The molecule has 0 amide bonds. The van der Waals surface area contributed by atoms with Crippen molar-refractivity contribution in [3.8, 4) is 0 Å². The van der Waals surface area contributed by atoms with Crippen molar-refractivity contribution < 1.29 is 4.74 Å². The number of ether oxygens (including phenoxy) is 1. The summed E-state index contributed by atoms with van der Waals surface area (Å²) in [5.74, 6) is 1.01. The van der Waals surface area contributed by atoms with E-state index in [-0.39, 0.29) is 0 Å². The Bertz CT molecular complexity index is 713. The molecule has 0 saturated heterocycles. The lowest BCUT2D eigenvalue weighted by Gasteiger charge is -2.14. The van der Waals surface area contributed by atoms with E-state index in [1.165, 1.54) is 4.88 Å². The molecule has 2 heterocycles. The van der Waals surface area contributed by atoms with Gasteiger partial charge in [-0.15, -0.1) is 11.3 Å². The highest BCUT2D eigenvalue weighted by molar-refractivity contribution is 7.80. The lowest BCUT2D eigenvalue weighted by molar-refractivity contribution is 0.204. The fraction of sp³-hybridized carbons (Fsp3) is 0.412. The van der Waals surface area contributed by atoms with E-state index >= 15 is 0 Å². The summed E-state index contributed by atoms with van der Waals surface area (Å²) in [4.78, 5) is 14.7. The molecule has 0 aliphatic heterocycles. The number of nitrogens with zero attached hydrogens (tertiary/aromatic N) is 3. The highest BCUT2D eigenvalue weighted by atomic mass is 32.1. The van der Waals surface area contributed by atoms with Gasteiger partial charge in [-0.1, -0.05) is 6.07 Å². The van der Waals surface area contributed by atoms with E-state index in [0.717, 1.165) is 17.8 Å². The van der Waals surface area contributed by atoms with Gasteiger partial charge in [-0.05, 0) is 43.6 Å². The first-order valence-corrected chi connectivity index (χ1v) is 9.55. The molecule has 0 radical (unpaired) electrons. The van der Waals surface area contributed by atoms with Crippen LogP contribution in [0.1, 0.15) is 16.3 Å². The first-order valence-electron chi connectivity index (χ1n) is 8.26. The molecular formula is C17H24N6OS2. The van der Waals surface area contributed by atoms with E-state index < -0.39 is 0 Å². The van der Waals surface area contributed by atoms with Gasteiger partial charge in [0.1, 0.15) is 0 Å². The van der Waals surface area contributed by atoms with Crippen LogP contribution in [0.5, 0.6) is 0 Å². The van der Waals surface area contributed by atoms with Crippen LogP contribution in [0.15, 0.2) is 28.6 Å². The molecule has 0 bridgehead atoms. The van der Waals surface area contributed by atoms with Crippen LogP contribution >= 0.6 is 23.6 Å². The Labute approximate surface area is 163 Å². The topological polar surface area (TPSA) is 83.5 Å². The van der Waals surface area contributed by atoms with Crippen LogP contribution in [-0.2, 0) is 11.2 Å². The number of aliphatic imine (C=N–C) groups is 1. The minimum absolute atomic E-state index is 0.466. The molecule has 140 valence electrons. The van der Waals surface area contributed by atoms with E-state index in [1.54, 1.807) is 18.4 Å². The van der Waals surface area contributed by atoms with E-state index in [2.05, 4.69) is 42.4 Å². The summed E-state index contributed by atoms with van der Waals surface area (Å²) in [5, 5.41) is 11.8. The number of nitrogens with one attached hydrogen (secondary N) is 3. The second-order valence-electron chi connectivity index (χ2n) is 5.53. The Kier molecular flexibility index (Phi) is 8.39. The zero-order chi connectivity index (χ0) is 18.8. The third kappa shape index (κ3) is 7.42. The summed E-state index contributed by atoms with van der Waals surface area (Å²) in [6, 6.07) is 6.06. The van der Waals surface area contributed by atoms with Gasteiger partial charge in [-0.3, -0.25) is 10.3 Å². The van der Waals surface area contributed by atoms with Gasteiger partial charge >= 0.3 is 0 Å². The van der Waals surface area contributed by atoms with Crippen molar-refractivity contribution in [3.05, 3.63) is 39.8 Å². The van der Waals surface area contributed by atoms with Crippen molar-refractivity contribution in [2.45, 2.75) is 20.3 Å². The number of aromatic nitrogens is 2. The Morgan fingerprint density at radius 1 is 1.31 bits per heavy atom. The first kappa shape index (κ1) is 20.2. The van der Waals surface area contributed by atoms with Crippen LogP contribution < -0.4 is 16.0 Å². The van der Waals surface area contributed by atoms with Crippen LogP contribution in [0.2, 0.25) is 0 Å². The minimum atomic E-state index is 0.466. The maximum absolute atomic E-state index is 5.30. The van der Waals surface area contributed by atoms with Crippen molar-refractivity contribution >= 4 is 40.6 Å². The molecule has 3 N–H and O–H groups in total. The molecule has 0 aliphatic rings. The maximum Gasteiger partial charge on any atom is 0.229 e. The number of aryl methyl sites for hydroxylation is 2. The molecule has 0 aromatic carbocycles. The Balaban J connectivity index is 2.02. The van der Waals surface area contributed by atoms with Crippen LogP contribution in [0.25, 0.3) is 0 Å². The summed E-state index contributed by atoms with van der Waals surface area (Å²) in [7, 11) is 1.65. The summed E-state index contributed by atoms with van der Waals surface area (Å²) in [6.45, 7) is 5.67. The van der Waals surface area contributed by atoms with Crippen LogP contribution in [0, 0.1) is 13.8 Å². The lowest BCUT2D eigenvalue weighted by Crippen LogP contribution is -2.43. The van der Waals surface area contributed by atoms with E-state index in [9.17, 15) is 0 Å². The SMILES string of the molecule is COCCNC(=S)NC(=NCCc1cccs1)Nc1nc(C)cc(C)n1. The third-order valence-electron chi connectivity index (χ3n) is 3.24. The fourth-order valence-electron chi connectivity index (χ4n) is 2.15. The normalized spacial score (nSPS) is 11.3. The van der Waals surface area contributed by atoms with Gasteiger partial charge in [0.2, 0.25) is 11.9 Å². The molecule has 9 heteroatoms. The van der Waals surface area contributed by atoms with Crippen LogP contribution in [0.4, 0.5) is 5.95 Å². The predicted octanol–water partition coefficient (Wildman–Crippen LogP) is 2.28. The smallest absolute Gasteiger partial charge is 0.229 e. The zero-order valence-electron chi connectivity index (χ0n) is 15.2. The number of hydrogen-bond donors (Lipinski definition) is 3. The summed E-state index contributed by atoms with van der Waals surface area (Å²) < 4.78 is 5.01. The average molecular weight is 393 g/mol. The number of methoxy groups -OCH3 is 1. The largest absolute Gasteiger partial charge is 0.383 e. The molecule has 2 aromatic rings. The molecule has 0 unspecified atom stereocenters. The fourth-order valence-corrected chi connectivity index (χ4v) is 3.05. The molecule has 0 aliphatic carbocycles. The van der Waals surface area contributed by atoms with Crippen molar-refractivity contribution in [2.75, 3.05) is 32.1 Å². The monoisotopic (exact) mass is 392 g/mol. The van der Waals surface area contributed by atoms with E-state index in [1.807, 2.05) is 26.0 Å². The molecule has 2 aromatic heterocycles. The Morgan fingerprint density at radius 2 is 2.08 bits per heavy atom. The molecule has 0 saturated carbocycles. The van der Waals surface area contributed by atoms with Crippen LogP contribution in [0.3, 0.4) is 0 Å². The average Bonchev–Trinajstić information content (AvgIpc) is 3.07. The number of thiocarbonyl (C=S) groups is 1. The third-order valence-corrected chi connectivity index (χ3v) is 4.43. The zero-order valence-corrected chi connectivity index (χ0v) is 16.8. The Hall–Kier alpha value is -2.10. The van der Waals surface area contributed by atoms with Gasteiger partial charge < -0.3 is 15.4 Å². The highest BCUT2D eigenvalue weighted by Crippen LogP contribution is 2.09. The number of guanidine groups is 1. The molecule has 0 fully saturated rings. The maximum atomic E-state index is 5.30. The number of rotatable bonds is 7. The van der Waals surface area contributed by atoms with Crippen LogP contribution in [-0.4, -0.2) is 47.8 Å². The lowest BCUT2D eigenvalue weighted by atomic mass is 10.3. The summed E-state index contributed by atoms with van der Waals surface area (Å²) >= 11 is 7.03. The van der Waals surface area contributed by atoms with Gasteiger partial charge in [0.05, 0.1) is 6.61 Å². The summed E-state index contributed by atoms with van der Waals surface area (Å²) in [5.41, 5.74) is 1.78. The molecule has 26 heavy (non-hydrogen) atoms. The molecular weight excluding hydrogens is 368 g/mol. The molecule has 7 nitrogen and oxygen atoms in total. The summed E-state index contributed by atoms with van der Waals surface area (Å²) in [6.07, 6.45) is 0.863. The second kappa shape index (κ2) is 10.8. The Morgan fingerprint density at radius 3 is 2.73 bits per heavy atom. The van der Waals surface area contributed by atoms with Gasteiger partial charge in [0.25, 0.3) is 0 Å². The van der Waals surface area contributed by atoms with Crippen molar-refractivity contribution in [2.24, 2.45) is 4.99 Å². The predicted molar refractivity (Wildman–Crippen MR) is 111 cm³/mol. The highest BCUT2D eigenvalue weighted by Gasteiger charge is 2.07. The van der Waals surface area contributed by atoms with E-state index in [0.29, 0.717) is 36.7 Å². The first-order chi connectivity index (χ1) is 12.6. The molecule has 0 atom stereocenters. The van der Waals surface area contributed by atoms with Crippen molar-refractivity contribution in [3.63, 3.8) is 0 Å². The molecule has 0 spiro atoms. The van der Waals surface area contributed by atoms with Gasteiger partial charge in [-0.2, -0.15) is 0 Å². The number of hydrogen-bond acceptors (Lipinski definition) is 6. The minimum Gasteiger partial charge on any atom is -0.383 e. The standard InChI is InChI=1S/C17H24N6OS2/c1-12-11-13(2)21-16(20-12)22-15(23-17(25)19-8-9-24-3)18-7-6-14-5-4-10-26-14/h4-5,10-11H,6-9H2,1-3H3,(H3,18,19,20,21,22,23,25). The number of anilines is 1. The number of thiophene rings is 1. The second-order valence-corrected chi connectivity index (χ2v) is 6.97. The van der Waals surface area contributed by atoms with Crippen molar-refractivity contribution in [1.82, 2.24) is 20.6 Å². The van der Waals surface area contributed by atoms with Gasteiger partial charge in [0.15, 0.2) is 5.11 Å². The van der Waals surface area contributed by atoms with Gasteiger partial charge in [0, 0.05) is 42.9 Å².